The molecule has 24 heavy (non-hydrogen) atoms. The van der Waals surface area contributed by atoms with Gasteiger partial charge in [0.15, 0.2) is 0 Å². The topological polar surface area (TPSA) is 84.2 Å². The number of halogens is 1. The predicted octanol–water partition coefficient (Wildman–Crippen LogP) is 1.98. The van der Waals surface area contributed by atoms with Gasteiger partial charge < -0.3 is 16.4 Å². The summed E-state index contributed by atoms with van der Waals surface area (Å²) >= 11 is 0. The van der Waals surface area contributed by atoms with Crippen molar-refractivity contribution in [2.75, 3.05) is 13.1 Å². The van der Waals surface area contributed by atoms with Gasteiger partial charge in [0.25, 0.3) is 0 Å². The first-order valence-electron chi connectivity index (χ1n) is 9.23. The minimum Gasteiger partial charge on any atom is -0.355 e. The highest BCUT2D eigenvalue weighted by Gasteiger charge is 2.51. The van der Waals surface area contributed by atoms with Crippen molar-refractivity contribution >= 4 is 24.2 Å². The van der Waals surface area contributed by atoms with Crippen molar-refractivity contribution in [2.45, 2.75) is 64.3 Å². The lowest BCUT2D eigenvalue weighted by molar-refractivity contribution is -0.131. The zero-order chi connectivity index (χ0) is 16.4. The van der Waals surface area contributed by atoms with E-state index in [9.17, 15) is 9.59 Å². The molecule has 0 radical (unpaired) electrons. The van der Waals surface area contributed by atoms with E-state index in [4.69, 9.17) is 5.73 Å². The zero-order valence-electron chi connectivity index (χ0n) is 14.7. The molecular formula is C18H32ClN3O2. The van der Waals surface area contributed by atoms with Crippen LogP contribution in [0.2, 0.25) is 0 Å². The highest BCUT2D eigenvalue weighted by Crippen LogP contribution is 2.61. The number of nitrogens with two attached hydrogens (primary N) is 1. The van der Waals surface area contributed by atoms with E-state index in [0.29, 0.717) is 13.0 Å². The van der Waals surface area contributed by atoms with E-state index in [2.05, 4.69) is 10.6 Å². The Bertz CT molecular complexity index is 432. The molecule has 4 aliphatic rings. The molecule has 0 aromatic carbocycles. The molecule has 4 saturated carbocycles. The van der Waals surface area contributed by atoms with Gasteiger partial charge in [0.1, 0.15) is 0 Å². The van der Waals surface area contributed by atoms with Crippen LogP contribution in [0, 0.1) is 23.2 Å². The Kier molecular flexibility index (Phi) is 6.54. The molecule has 0 heterocycles. The Balaban J connectivity index is 0.00000208. The predicted molar refractivity (Wildman–Crippen MR) is 96.8 cm³/mol. The Morgan fingerprint density at radius 3 is 2.08 bits per heavy atom. The standard InChI is InChI=1S/C18H31N3O2.ClH/c1-12(19)2-3-20-17(23)11-21-16(22)10-18-7-13-4-14(8-18)6-15(5-13)9-18;/h12-15H,2-11,19H2,1H3,(H,20,23)(H,21,22);1H. The van der Waals surface area contributed by atoms with E-state index < -0.39 is 0 Å². The van der Waals surface area contributed by atoms with Gasteiger partial charge in [0, 0.05) is 19.0 Å². The SMILES string of the molecule is CC(N)CCNC(=O)CNC(=O)CC12CC3CC(CC(C3)C1)C2.Cl. The first-order valence-corrected chi connectivity index (χ1v) is 9.23. The van der Waals surface area contributed by atoms with Gasteiger partial charge in [-0.05, 0) is 75.0 Å². The van der Waals surface area contributed by atoms with Crippen LogP contribution in [0.25, 0.3) is 0 Å². The van der Waals surface area contributed by atoms with Crippen molar-refractivity contribution in [1.29, 1.82) is 0 Å². The lowest BCUT2D eigenvalue weighted by Crippen LogP contribution is -2.48. The molecule has 4 aliphatic carbocycles. The monoisotopic (exact) mass is 357 g/mol. The summed E-state index contributed by atoms with van der Waals surface area (Å²) in [6, 6.07) is 0.0842. The van der Waals surface area contributed by atoms with Crippen LogP contribution in [0.4, 0.5) is 0 Å². The van der Waals surface area contributed by atoms with Crippen LogP contribution >= 0.6 is 12.4 Å². The normalized spacial score (nSPS) is 34.3. The van der Waals surface area contributed by atoms with E-state index in [1.54, 1.807) is 0 Å². The maximum absolute atomic E-state index is 12.3. The molecule has 1 atom stereocenters. The zero-order valence-corrected chi connectivity index (χ0v) is 15.5. The van der Waals surface area contributed by atoms with Crippen LogP contribution < -0.4 is 16.4 Å². The maximum Gasteiger partial charge on any atom is 0.239 e. The number of rotatable bonds is 7. The summed E-state index contributed by atoms with van der Waals surface area (Å²) in [7, 11) is 0. The van der Waals surface area contributed by atoms with Crippen LogP contribution in [-0.2, 0) is 9.59 Å². The van der Waals surface area contributed by atoms with E-state index in [1.165, 1.54) is 38.5 Å². The first kappa shape index (κ1) is 19.5. The highest BCUT2D eigenvalue weighted by atomic mass is 35.5. The number of carbonyl (C=O) groups is 2. The molecule has 5 nitrogen and oxygen atoms in total. The summed E-state index contributed by atoms with van der Waals surface area (Å²) in [4.78, 5) is 24.0. The molecule has 6 heteroatoms. The van der Waals surface area contributed by atoms with Crippen LogP contribution in [0.1, 0.15) is 58.3 Å². The average Bonchev–Trinajstić information content (AvgIpc) is 2.42. The van der Waals surface area contributed by atoms with Gasteiger partial charge in [0.2, 0.25) is 11.8 Å². The third kappa shape index (κ3) is 4.85. The number of amides is 2. The molecular weight excluding hydrogens is 326 g/mol. The Morgan fingerprint density at radius 1 is 1.04 bits per heavy atom. The van der Waals surface area contributed by atoms with E-state index in [-0.39, 0.29) is 42.2 Å². The minimum absolute atomic E-state index is 0. The molecule has 4 bridgehead atoms. The second-order valence-corrected chi connectivity index (χ2v) is 8.49. The quantitative estimate of drug-likeness (QED) is 0.651. The Labute approximate surface area is 151 Å². The summed E-state index contributed by atoms with van der Waals surface area (Å²) in [6.45, 7) is 2.57. The fourth-order valence-electron chi connectivity index (χ4n) is 5.59. The van der Waals surface area contributed by atoms with Gasteiger partial charge in [-0.15, -0.1) is 12.4 Å². The highest BCUT2D eigenvalue weighted by molar-refractivity contribution is 5.85. The van der Waals surface area contributed by atoms with Gasteiger partial charge in [0.05, 0.1) is 6.54 Å². The molecule has 4 rings (SSSR count). The molecule has 4 fully saturated rings. The largest absolute Gasteiger partial charge is 0.355 e. The second kappa shape index (κ2) is 8.05. The van der Waals surface area contributed by atoms with Gasteiger partial charge in [-0.25, -0.2) is 0 Å². The number of hydrogen-bond acceptors (Lipinski definition) is 3. The van der Waals surface area contributed by atoms with E-state index >= 15 is 0 Å². The first-order chi connectivity index (χ1) is 10.9. The summed E-state index contributed by atoms with van der Waals surface area (Å²) in [6.07, 6.45) is 9.23. The molecule has 2 amide bonds. The van der Waals surface area contributed by atoms with Crippen molar-refractivity contribution in [3.63, 3.8) is 0 Å². The van der Waals surface area contributed by atoms with Gasteiger partial charge >= 0.3 is 0 Å². The third-order valence-corrected chi connectivity index (χ3v) is 6.07. The average molecular weight is 358 g/mol. The summed E-state index contributed by atoms with van der Waals surface area (Å²) in [5, 5.41) is 5.61. The third-order valence-electron chi connectivity index (χ3n) is 6.07. The molecule has 0 aliphatic heterocycles. The summed E-state index contributed by atoms with van der Waals surface area (Å²) in [5.41, 5.74) is 5.89. The number of nitrogens with one attached hydrogen (secondary N) is 2. The van der Waals surface area contributed by atoms with Gasteiger partial charge in [-0.2, -0.15) is 0 Å². The molecule has 0 spiro atoms. The number of carbonyl (C=O) groups excluding carboxylic acids is 2. The molecule has 1 unspecified atom stereocenters. The molecule has 0 aromatic heterocycles. The maximum atomic E-state index is 12.3. The minimum atomic E-state index is -0.121. The Hall–Kier alpha value is -0.810. The van der Waals surface area contributed by atoms with E-state index in [0.717, 1.165) is 24.2 Å². The summed E-state index contributed by atoms with van der Waals surface area (Å²) < 4.78 is 0. The fourth-order valence-corrected chi connectivity index (χ4v) is 5.59. The van der Waals surface area contributed by atoms with Crippen molar-refractivity contribution in [1.82, 2.24) is 10.6 Å². The van der Waals surface area contributed by atoms with Crippen LogP contribution in [-0.4, -0.2) is 30.9 Å². The van der Waals surface area contributed by atoms with Crippen molar-refractivity contribution < 1.29 is 9.59 Å². The van der Waals surface area contributed by atoms with Crippen LogP contribution in [0.15, 0.2) is 0 Å². The van der Waals surface area contributed by atoms with Crippen molar-refractivity contribution in [2.24, 2.45) is 28.9 Å². The van der Waals surface area contributed by atoms with Crippen LogP contribution in [0.3, 0.4) is 0 Å². The van der Waals surface area contributed by atoms with Crippen molar-refractivity contribution in [3.05, 3.63) is 0 Å². The fraction of sp³-hybridized carbons (Fsp3) is 0.889. The van der Waals surface area contributed by atoms with E-state index in [1.807, 2.05) is 6.92 Å². The molecule has 4 N–H and O–H groups in total. The van der Waals surface area contributed by atoms with Gasteiger partial charge in [-0.3, -0.25) is 9.59 Å². The molecule has 0 aromatic rings. The Morgan fingerprint density at radius 2 is 1.58 bits per heavy atom. The number of hydrogen-bond donors (Lipinski definition) is 3. The molecule has 138 valence electrons. The lowest BCUT2D eigenvalue weighted by atomic mass is 9.49. The van der Waals surface area contributed by atoms with Crippen molar-refractivity contribution in [3.8, 4) is 0 Å². The second-order valence-electron chi connectivity index (χ2n) is 8.49. The summed E-state index contributed by atoms with van der Waals surface area (Å²) in [5.74, 6) is 2.50. The van der Waals surface area contributed by atoms with Gasteiger partial charge in [-0.1, -0.05) is 0 Å². The molecule has 0 saturated heterocycles. The lowest BCUT2D eigenvalue weighted by Gasteiger charge is -2.56. The van der Waals surface area contributed by atoms with Crippen LogP contribution in [0.5, 0.6) is 0 Å². The smallest absolute Gasteiger partial charge is 0.239 e.